The van der Waals surface area contributed by atoms with E-state index in [0.29, 0.717) is 23.8 Å². The van der Waals surface area contributed by atoms with Crippen LogP contribution in [0.4, 0.5) is 0 Å². The van der Waals surface area contributed by atoms with Gasteiger partial charge < -0.3 is 5.11 Å². The number of benzene rings is 1. The molecule has 19 heavy (non-hydrogen) atoms. The molecular formula is C16H24ClNO. The smallest absolute Gasteiger partial charge is 0.119 e. The third-order valence-corrected chi connectivity index (χ3v) is 4.79. The van der Waals surface area contributed by atoms with E-state index >= 15 is 0 Å². The first-order valence-corrected chi connectivity index (χ1v) is 7.29. The molecule has 1 aromatic carbocycles. The molecule has 1 saturated heterocycles. The lowest BCUT2D eigenvalue weighted by Crippen LogP contribution is -2.38. The van der Waals surface area contributed by atoms with E-state index in [1.165, 1.54) is 36.9 Å². The highest BCUT2D eigenvalue weighted by Crippen LogP contribution is 2.47. The van der Waals surface area contributed by atoms with Gasteiger partial charge in [-0.2, -0.15) is 0 Å². The summed E-state index contributed by atoms with van der Waals surface area (Å²) in [5, 5.41) is 10.2. The van der Waals surface area contributed by atoms with Gasteiger partial charge in [0.25, 0.3) is 0 Å². The van der Waals surface area contributed by atoms with Crippen LogP contribution in [0, 0.1) is 0 Å². The number of likely N-dealkylation sites (tertiary alicyclic amines) is 1. The van der Waals surface area contributed by atoms with Crippen molar-refractivity contribution >= 4 is 12.4 Å². The molecule has 1 N–H and O–H groups in total. The highest BCUT2D eigenvalue weighted by Gasteiger charge is 2.42. The van der Waals surface area contributed by atoms with Gasteiger partial charge in [0.2, 0.25) is 0 Å². The fourth-order valence-corrected chi connectivity index (χ4v) is 4.09. The second-order valence-corrected chi connectivity index (χ2v) is 5.89. The summed E-state index contributed by atoms with van der Waals surface area (Å²) in [6, 6.07) is 7.34. The van der Waals surface area contributed by atoms with Crippen LogP contribution in [0.25, 0.3) is 0 Å². The molecule has 1 aromatic rings. The summed E-state index contributed by atoms with van der Waals surface area (Å²) in [4.78, 5) is 2.67. The van der Waals surface area contributed by atoms with E-state index < -0.39 is 0 Å². The summed E-state index contributed by atoms with van der Waals surface area (Å²) in [6.07, 6.45) is 4.81. The Balaban J connectivity index is 0.00000133. The number of aromatic hydroxyl groups is 1. The van der Waals surface area contributed by atoms with Gasteiger partial charge in [0.15, 0.2) is 0 Å². The van der Waals surface area contributed by atoms with Crippen LogP contribution in [0.15, 0.2) is 18.2 Å². The lowest BCUT2D eigenvalue weighted by Gasteiger charge is -2.34. The van der Waals surface area contributed by atoms with Crippen LogP contribution in [-0.4, -0.2) is 28.6 Å². The Morgan fingerprint density at radius 3 is 2.89 bits per heavy atom. The predicted octanol–water partition coefficient (Wildman–Crippen LogP) is 3.72. The van der Waals surface area contributed by atoms with Crippen LogP contribution < -0.4 is 0 Å². The quantitative estimate of drug-likeness (QED) is 0.893. The Kier molecular flexibility index (Phi) is 4.42. The maximum atomic E-state index is 10.2. The molecule has 2 aliphatic rings. The van der Waals surface area contributed by atoms with Crippen molar-refractivity contribution in [3.8, 4) is 5.75 Å². The van der Waals surface area contributed by atoms with Gasteiger partial charge >= 0.3 is 0 Å². The second kappa shape index (κ2) is 5.72. The molecule has 1 fully saturated rings. The summed E-state index contributed by atoms with van der Waals surface area (Å²) < 4.78 is 0. The van der Waals surface area contributed by atoms with Crippen LogP contribution >= 0.6 is 12.4 Å². The Morgan fingerprint density at radius 1 is 1.37 bits per heavy atom. The van der Waals surface area contributed by atoms with Crippen molar-refractivity contribution in [2.45, 2.75) is 57.5 Å². The number of phenolic OH excluding ortho intramolecular Hbond substituents is 1. The van der Waals surface area contributed by atoms with Crippen molar-refractivity contribution in [2.75, 3.05) is 6.54 Å². The number of rotatable bonds is 2. The van der Waals surface area contributed by atoms with Gasteiger partial charge in [0.1, 0.15) is 5.75 Å². The number of hydrogen-bond donors (Lipinski definition) is 1. The molecule has 0 radical (unpaired) electrons. The summed E-state index contributed by atoms with van der Waals surface area (Å²) in [7, 11) is 0. The molecule has 0 aromatic heterocycles. The van der Waals surface area contributed by atoms with E-state index in [4.69, 9.17) is 0 Å². The van der Waals surface area contributed by atoms with Gasteiger partial charge in [-0.3, -0.25) is 4.90 Å². The molecule has 1 heterocycles. The number of aryl methyl sites for hydroxylation is 1. The van der Waals surface area contributed by atoms with Crippen molar-refractivity contribution in [1.82, 2.24) is 4.90 Å². The minimum absolute atomic E-state index is 0. The molecule has 1 aliphatic heterocycles. The number of hydrogen-bond acceptors (Lipinski definition) is 2. The predicted molar refractivity (Wildman–Crippen MR) is 81.3 cm³/mol. The van der Waals surface area contributed by atoms with Crippen molar-refractivity contribution in [1.29, 1.82) is 0 Å². The minimum atomic E-state index is 0. The monoisotopic (exact) mass is 281 g/mol. The van der Waals surface area contributed by atoms with Crippen molar-refractivity contribution in [2.24, 2.45) is 0 Å². The molecule has 3 unspecified atom stereocenters. The molecular weight excluding hydrogens is 258 g/mol. The van der Waals surface area contributed by atoms with E-state index in [-0.39, 0.29) is 12.4 Å². The van der Waals surface area contributed by atoms with Crippen LogP contribution in [0.5, 0.6) is 5.75 Å². The van der Waals surface area contributed by atoms with Crippen LogP contribution in [0.1, 0.15) is 50.2 Å². The molecule has 0 amide bonds. The van der Waals surface area contributed by atoms with Gasteiger partial charge in [-0.05, 0) is 50.8 Å². The minimum Gasteiger partial charge on any atom is -0.508 e. The van der Waals surface area contributed by atoms with Gasteiger partial charge in [-0.15, -0.1) is 12.4 Å². The number of fused-ring (bicyclic) bond motifs is 3. The third kappa shape index (κ3) is 2.36. The fraction of sp³-hybridized carbons (Fsp3) is 0.625. The maximum Gasteiger partial charge on any atom is 0.119 e. The molecule has 0 bridgehead atoms. The van der Waals surface area contributed by atoms with Crippen molar-refractivity contribution in [3.63, 3.8) is 0 Å². The van der Waals surface area contributed by atoms with Gasteiger partial charge in [0.05, 0.1) is 0 Å². The van der Waals surface area contributed by atoms with Crippen LogP contribution in [-0.2, 0) is 6.42 Å². The highest BCUT2D eigenvalue weighted by atomic mass is 35.5. The standard InChI is InChI=1S/C16H23NO.ClH/c1-3-9-17-11(2)10-13-14(17)8-7-12-5-4-6-15(18)16(12)13;/h4-6,11,13-14,18H,3,7-10H2,1-2H3;1H. The summed E-state index contributed by atoms with van der Waals surface area (Å²) >= 11 is 0. The van der Waals surface area contributed by atoms with Gasteiger partial charge in [-0.1, -0.05) is 19.1 Å². The summed E-state index contributed by atoms with van der Waals surface area (Å²) in [5.74, 6) is 1.07. The molecule has 0 saturated carbocycles. The zero-order valence-corrected chi connectivity index (χ0v) is 12.6. The Morgan fingerprint density at radius 2 is 2.16 bits per heavy atom. The zero-order chi connectivity index (χ0) is 12.7. The Hall–Kier alpha value is -0.730. The van der Waals surface area contributed by atoms with Crippen LogP contribution in [0.2, 0.25) is 0 Å². The maximum absolute atomic E-state index is 10.2. The van der Waals surface area contributed by atoms with E-state index in [2.05, 4.69) is 24.8 Å². The molecule has 106 valence electrons. The first kappa shape index (κ1) is 14.7. The third-order valence-electron chi connectivity index (χ3n) is 4.79. The highest BCUT2D eigenvalue weighted by molar-refractivity contribution is 5.85. The molecule has 1 aliphatic carbocycles. The molecule has 2 nitrogen and oxygen atoms in total. The first-order chi connectivity index (χ1) is 8.72. The van der Waals surface area contributed by atoms with Crippen LogP contribution in [0.3, 0.4) is 0 Å². The fourth-order valence-electron chi connectivity index (χ4n) is 4.09. The largest absolute Gasteiger partial charge is 0.508 e. The van der Waals surface area contributed by atoms with Gasteiger partial charge in [-0.25, -0.2) is 0 Å². The second-order valence-electron chi connectivity index (χ2n) is 5.89. The van der Waals surface area contributed by atoms with E-state index in [1.807, 2.05) is 12.1 Å². The Labute approximate surface area is 122 Å². The number of halogens is 1. The van der Waals surface area contributed by atoms with E-state index in [1.54, 1.807) is 0 Å². The molecule has 3 heteroatoms. The molecule has 3 atom stereocenters. The zero-order valence-electron chi connectivity index (χ0n) is 11.8. The lowest BCUT2D eigenvalue weighted by molar-refractivity contribution is 0.185. The first-order valence-electron chi connectivity index (χ1n) is 7.29. The number of phenols is 1. The lowest BCUT2D eigenvalue weighted by atomic mass is 9.79. The molecule has 3 rings (SSSR count). The SMILES string of the molecule is CCCN1C(C)CC2c3c(O)cccc3CCC21.Cl. The normalized spacial score (nSPS) is 29.5. The van der Waals surface area contributed by atoms with E-state index in [9.17, 15) is 5.11 Å². The summed E-state index contributed by atoms with van der Waals surface area (Å²) in [6.45, 7) is 5.80. The molecule has 0 spiro atoms. The Bertz CT molecular complexity index is 448. The van der Waals surface area contributed by atoms with Crippen molar-refractivity contribution in [3.05, 3.63) is 29.3 Å². The average Bonchev–Trinajstić information content (AvgIpc) is 2.67. The van der Waals surface area contributed by atoms with E-state index in [0.717, 1.165) is 6.42 Å². The number of nitrogens with zero attached hydrogens (tertiary/aromatic N) is 1. The topological polar surface area (TPSA) is 23.5 Å². The van der Waals surface area contributed by atoms with Crippen molar-refractivity contribution < 1.29 is 5.11 Å². The average molecular weight is 282 g/mol. The summed E-state index contributed by atoms with van der Waals surface area (Å²) in [5.41, 5.74) is 2.63. The van der Waals surface area contributed by atoms with Gasteiger partial charge in [0, 0.05) is 23.6 Å².